The second-order valence-corrected chi connectivity index (χ2v) is 7.08. The molecular weight excluding hydrogens is 320 g/mol. The number of nitrogens with one attached hydrogen (secondary N) is 1. The van der Waals surface area contributed by atoms with E-state index in [1.165, 1.54) is 4.88 Å². The van der Waals surface area contributed by atoms with Gasteiger partial charge in [0, 0.05) is 16.4 Å². The van der Waals surface area contributed by atoms with Crippen LogP contribution < -0.4 is 5.32 Å². The van der Waals surface area contributed by atoms with Gasteiger partial charge in [0.2, 0.25) is 5.91 Å². The highest BCUT2D eigenvalue weighted by Gasteiger charge is 2.27. The van der Waals surface area contributed by atoms with E-state index in [-0.39, 0.29) is 11.8 Å². The van der Waals surface area contributed by atoms with Crippen LogP contribution in [-0.4, -0.2) is 10.9 Å². The van der Waals surface area contributed by atoms with Gasteiger partial charge in [0.25, 0.3) is 0 Å². The molecule has 0 fully saturated rings. The van der Waals surface area contributed by atoms with E-state index in [9.17, 15) is 4.79 Å². The predicted octanol–water partition coefficient (Wildman–Crippen LogP) is 3.82. The van der Waals surface area contributed by atoms with Crippen LogP contribution >= 0.6 is 11.3 Å². The number of carbonyl (C=O) groups excluding carboxylic acids is 1. The Balaban J connectivity index is 1.44. The Hall–Kier alpha value is -2.40. The zero-order chi connectivity index (χ0) is 16.4. The van der Waals surface area contributed by atoms with Crippen molar-refractivity contribution in [1.29, 1.82) is 0 Å². The molecule has 0 saturated carbocycles. The molecule has 1 atom stereocenters. The van der Waals surface area contributed by atoms with E-state index in [2.05, 4.69) is 17.4 Å². The van der Waals surface area contributed by atoms with Gasteiger partial charge in [-0.25, -0.2) is 4.98 Å². The molecule has 24 heavy (non-hydrogen) atoms. The normalized spacial score (nSPS) is 16.6. The topological polar surface area (TPSA) is 55.1 Å². The van der Waals surface area contributed by atoms with Crippen molar-refractivity contribution < 1.29 is 9.21 Å². The molecule has 1 aliphatic rings. The maximum atomic E-state index is 12.4. The highest BCUT2D eigenvalue weighted by molar-refractivity contribution is 7.15. The first-order valence-electron chi connectivity index (χ1n) is 8.13. The number of hydrogen-bond acceptors (Lipinski definition) is 4. The van der Waals surface area contributed by atoms with E-state index in [4.69, 9.17) is 9.40 Å². The Labute approximate surface area is 144 Å². The Morgan fingerprint density at radius 1 is 1.25 bits per heavy atom. The number of hydrogen-bond donors (Lipinski definition) is 1. The molecule has 1 N–H and O–H groups in total. The van der Waals surface area contributed by atoms with Crippen LogP contribution in [0.15, 0.2) is 53.1 Å². The van der Waals surface area contributed by atoms with Crippen molar-refractivity contribution in [2.75, 3.05) is 0 Å². The summed E-state index contributed by atoms with van der Waals surface area (Å²) in [5.41, 5.74) is 2.31. The van der Waals surface area contributed by atoms with Gasteiger partial charge in [-0.1, -0.05) is 30.3 Å². The van der Waals surface area contributed by atoms with Crippen LogP contribution in [0.2, 0.25) is 0 Å². The summed E-state index contributed by atoms with van der Waals surface area (Å²) in [6, 6.07) is 13.9. The number of aryl methyl sites for hydroxylation is 1. The third kappa shape index (κ3) is 3.12. The number of aromatic nitrogens is 1. The van der Waals surface area contributed by atoms with Crippen LogP contribution in [0.4, 0.5) is 0 Å². The third-order valence-corrected chi connectivity index (χ3v) is 5.52. The number of thiazole rings is 1. The van der Waals surface area contributed by atoms with Crippen LogP contribution in [0.25, 0.3) is 10.6 Å². The van der Waals surface area contributed by atoms with Crippen molar-refractivity contribution in [2.45, 2.75) is 25.8 Å². The summed E-state index contributed by atoms with van der Waals surface area (Å²) in [5, 5.41) is 4.03. The second-order valence-electron chi connectivity index (χ2n) is 5.99. The van der Waals surface area contributed by atoms with Gasteiger partial charge in [-0.3, -0.25) is 4.79 Å². The average Bonchev–Trinajstić information content (AvgIpc) is 3.29. The van der Waals surface area contributed by atoms with Crippen LogP contribution in [0.1, 0.15) is 22.8 Å². The van der Waals surface area contributed by atoms with Crippen LogP contribution in [0, 0.1) is 5.92 Å². The molecule has 0 spiro atoms. The van der Waals surface area contributed by atoms with E-state index in [0.717, 1.165) is 41.3 Å². The van der Waals surface area contributed by atoms with E-state index in [1.54, 1.807) is 17.6 Å². The number of furan rings is 1. The molecule has 1 amide bonds. The van der Waals surface area contributed by atoms with Gasteiger partial charge in [-0.05, 0) is 31.4 Å². The first kappa shape index (κ1) is 15.1. The zero-order valence-electron chi connectivity index (χ0n) is 13.2. The molecule has 4 rings (SSSR count). The first-order chi connectivity index (χ1) is 11.8. The van der Waals surface area contributed by atoms with Gasteiger partial charge in [-0.15, -0.1) is 11.3 Å². The van der Waals surface area contributed by atoms with Gasteiger partial charge >= 0.3 is 0 Å². The average molecular weight is 338 g/mol. The zero-order valence-corrected chi connectivity index (χ0v) is 14.0. The predicted molar refractivity (Wildman–Crippen MR) is 93.6 cm³/mol. The largest absolute Gasteiger partial charge is 0.467 e. The van der Waals surface area contributed by atoms with Gasteiger partial charge in [0.1, 0.15) is 10.8 Å². The van der Waals surface area contributed by atoms with Gasteiger partial charge in [0.15, 0.2) is 0 Å². The summed E-state index contributed by atoms with van der Waals surface area (Å²) in [5.74, 6) is 0.909. The maximum Gasteiger partial charge on any atom is 0.223 e. The minimum absolute atomic E-state index is 0.0246. The molecule has 1 unspecified atom stereocenters. The molecule has 1 aromatic carbocycles. The first-order valence-corrected chi connectivity index (χ1v) is 8.95. The monoisotopic (exact) mass is 338 g/mol. The number of carbonyl (C=O) groups is 1. The minimum atomic E-state index is 0.0246. The number of nitrogens with zero attached hydrogens (tertiary/aromatic N) is 1. The van der Waals surface area contributed by atoms with Crippen molar-refractivity contribution >= 4 is 17.2 Å². The molecule has 0 radical (unpaired) electrons. The molecule has 0 bridgehead atoms. The Bertz CT molecular complexity index is 824. The fourth-order valence-electron chi connectivity index (χ4n) is 3.03. The Kier molecular flexibility index (Phi) is 4.17. The SMILES string of the molecule is O=C(NCc1ccco1)C1CCc2nc(-c3ccccc3)sc2C1. The molecule has 0 aliphatic heterocycles. The van der Waals surface area contributed by atoms with Crippen LogP contribution in [0.3, 0.4) is 0 Å². The molecule has 2 heterocycles. The van der Waals surface area contributed by atoms with Gasteiger partial charge in [-0.2, -0.15) is 0 Å². The molecule has 5 heteroatoms. The second kappa shape index (κ2) is 6.61. The lowest BCUT2D eigenvalue weighted by Crippen LogP contribution is -2.33. The lowest BCUT2D eigenvalue weighted by Gasteiger charge is -2.20. The van der Waals surface area contributed by atoms with E-state index in [0.29, 0.717) is 6.54 Å². The molecule has 1 aliphatic carbocycles. The fraction of sp³-hybridized carbons (Fsp3) is 0.263. The summed E-state index contributed by atoms with van der Waals surface area (Å²) >= 11 is 1.72. The molecule has 122 valence electrons. The molecule has 0 saturated heterocycles. The van der Waals surface area contributed by atoms with Crippen LogP contribution in [0.5, 0.6) is 0 Å². The van der Waals surface area contributed by atoms with E-state index >= 15 is 0 Å². The fourth-order valence-corrected chi connectivity index (χ4v) is 4.23. The summed E-state index contributed by atoms with van der Waals surface area (Å²) in [6.45, 7) is 0.452. The van der Waals surface area contributed by atoms with E-state index in [1.807, 2.05) is 30.3 Å². The van der Waals surface area contributed by atoms with Crippen molar-refractivity contribution in [3.8, 4) is 10.6 Å². The molecular formula is C19H18N2O2S. The van der Waals surface area contributed by atoms with Crippen molar-refractivity contribution in [3.63, 3.8) is 0 Å². The lowest BCUT2D eigenvalue weighted by molar-refractivity contribution is -0.125. The summed E-state index contributed by atoms with van der Waals surface area (Å²) in [6.07, 6.45) is 4.13. The lowest BCUT2D eigenvalue weighted by atomic mass is 9.90. The van der Waals surface area contributed by atoms with Crippen molar-refractivity contribution in [1.82, 2.24) is 10.3 Å². The summed E-state index contributed by atoms with van der Waals surface area (Å²) in [7, 11) is 0. The smallest absolute Gasteiger partial charge is 0.223 e. The number of fused-ring (bicyclic) bond motifs is 1. The maximum absolute atomic E-state index is 12.4. The quantitative estimate of drug-likeness (QED) is 0.787. The third-order valence-electron chi connectivity index (χ3n) is 4.35. The molecule has 2 aromatic heterocycles. The Morgan fingerprint density at radius 3 is 2.92 bits per heavy atom. The number of benzene rings is 1. The van der Waals surface area contributed by atoms with E-state index < -0.39 is 0 Å². The van der Waals surface area contributed by atoms with Crippen molar-refractivity contribution in [2.24, 2.45) is 5.92 Å². The molecule has 3 aromatic rings. The highest BCUT2D eigenvalue weighted by Crippen LogP contribution is 2.34. The Morgan fingerprint density at radius 2 is 2.12 bits per heavy atom. The van der Waals surface area contributed by atoms with Gasteiger partial charge in [0.05, 0.1) is 18.5 Å². The van der Waals surface area contributed by atoms with Crippen LogP contribution in [-0.2, 0) is 24.2 Å². The number of amides is 1. The molecule has 4 nitrogen and oxygen atoms in total. The van der Waals surface area contributed by atoms with Gasteiger partial charge < -0.3 is 9.73 Å². The summed E-state index contributed by atoms with van der Waals surface area (Å²) in [4.78, 5) is 18.4. The summed E-state index contributed by atoms with van der Waals surface area (Å²) < 4.78 is 5.26. The number of rotatable bonds is 4. The standard InChI is InChI=1S/C19H18N2O2S/c22-18(20-12-15-7-4-10-23-15)14-8-9-16-17(11-14)24-19(21-16)13-5-2-1-3-6-13/h1-7,10,14H,8-9,11-12H2,(H,20,22). The minimum Gasteiger partial charge on any atom is -0.467 e. The highest BCUT2D eigenvalue weighted by atomic mass is 32.1. The van der Waals surface area contributed by atoms with Crippen molar-refractivity contribution in [3.05, 3.63) is 65.1 Å².